The van der Waals surface area contributed by atoms with Gasteiger partial charge in [-0.05, 0) is 22.8 Å². The first-order valence-corrected chi connectivity index (χ1v) is 17.0. The maximum absolute atomic E-state index is 6.58. The Bertz CT molecular complexity index is 1790. The van der Waals surface area contributed by atoms with E-state index in [2.05, 4.69) is 128 Å². The van der Waals surface area contributed by atoms with E-state index in [1.165, 1.54) is 16.3 Å². The van der Waals surface area contributed by atoms with Gasteiger partial charge in [0.1, 0.15) is 11.2 Å². The van der Waals surface area contributed by atoms with Gasteiger partial charge in [-0.2, -0.15) is 5.10 Å². The van der Waals surface area contributed by atoms with Crippen molar-refractivity contribution in [3.05, 3.63) is 96.8 Å². The zero-order valence-electron chi connectivity index (χ0n) is 23.4. The smallest absolute Gasteiger partial charge is 0.185 e. The number of para-hydroxylation sites is 2. The Hall–Kier alpha value is -4.09. The van der Waals surface area contributed by atoms with Crippen LogP contribution in [0.4, 0.5) is 0 Å². The van der Waals surface area contributed by atoms with E-state index in [9.17, 15) is 0 Å². The van der Waals surface area contributed by atoms with Crippen LogP contribution >= 0.6 is 0 Å². The van der Waals surface area contributed by atoms with Gasteiger partial charge in [0.15, 0.2) is 5.82 Å². The number of rotatable bonds is 4. The standard InChI is InChI=1S/C34H33N3OSi/c1-34(2,3)30-21-35-33(37-36-30)29-12-8-11-28-27-10-7-9-26(31(27)38-32(28)29)24-15-13-22(14-16-24)23-17-19-25(20-18-23)39(4,5)6/h7-21H,1-6H3. The van der Waals surface area contributed by atoms with Gasteiger partial charge >= 0.3 is 0 Å². The molecule has 0 aliphatic rings. The molecule has 0 N–H and O–H groups in total. The fourth-order valence-corrected chi connectivity index (χ4v) is 6.14. The van der Waals surface area contributed by atoms with Crippen molar-refractivity contribution in [2.45, 2.75) is 45.8 Å². The van der Waals surface area contributed by atoms with Crippen molar-refractivity contribution < 1.29 is 4.42 Å². The molecule has 5 heteroatoms. The van der Waals surface area contributed by atoms with Crippen molar-refractivity contribution in [2.75, 3.05) is 0 Å². The largest absolute Gasteiger partial charge is 0.455 e. The molecule has 194 valence electrons. The van der Waals surface area contributed by atoms with E-state index in [1.807, 2.05) is 18.3 Å². The number of fused-ring (bicyclic) bond motifs is 3. The predicted molar refractivity (Wildman–Crippen MR) is 165 cm³/mol. The van der Waals surface area contributed by atoms with Gasteiger partial charge in [0.2, 0.25) is 0 Å². The van der Waals surface area contributed by atoms with Crippen LogP contribution in [0.15, 0.2) is 95.5 Å². The summed E-state index contributed by atoms with van der Waals surface area (Å²) in [7, 11) is -1.31. The Labute approximate surface area is 230 Å². The van der Waals surface area contributed by atoms with Gasteiger partial charge in [-0.25, -0.2) is 4.98 Å². The quantitative estimate of drug-likeness (QED) is 0.215. The lowest BCUT2D eigenvalue weighted by atomic mass is 9.93. The van der Waals surface area contributed by atoms with E-state index in [0.29, 0.717) is 5.82 Å². The van der Waals surface area contributed by atoms with E-state index < -0.39 is 8.07 Å². The molecule has 0 fully saturated rings. The SMILES string of the molecule is CC(C)(C)c1cnc(-c2cccc3c2oc2c(-c4ccc(-c5ccc([Si](C)(C)C)cc5)cc4)cccc23)nn1. The number of hydrogen-bond donors (Lipinski definition) is 0. The molecule has 4 aromatic carbocycles. The molecule has 4 nitrogen and oxygen atoms in total. The molecule has 2 aromatic heterocycles. The third kappa shape index (κ3) is 4.68. The first-order valence-electron chi connectivity index (χ1n) is 13.5. The first-order chi connectivity index (χ1) is 18.6. The highest BCUT2D eigenvalue weighted by Gasteiger charge is 2.20. The van der Waals surface area contributed by atoms with Crippen molar-refractivity contribution in [2.24, 2.45) is 0 Å². The van der Waals surface area contributed by atoms with E-state index in [1.54, 1.807) is 0 Å². The molecule has 0 bridgehead atoms. The van der Waals surface area contributed by atoms with Crippen LogP contribution in [0.25, 0.3) is 55.6 Å². The Morgan fingerprint density at radius 1 is 0.615 bits per heavy atom. The summed E-state index contributed by atoms with van der Waals surface area (Å²) in [6.07, 6.45) is 1.81. The monoisotopic (exact) mass is 527 g/mol. The molecular formula is C34H33N3OSi. The van der Waals surface area contributed by atoms with Crippen LogP contribution < -0.4 is 5.19 Å². The third-order valence-corrected chi connectivity index (χ3v) is 9.44. The van der Waals surface area contributed by atoms with Crippen molar-refractivity contribution in [3.8, 4) is 33.6 Å². The van der Waals surface area contributed by atoms with Crippen molar-refractivity contribution in [1.29, 1.82) is 0 Å². The maximum atomic E-state index is 6.58. The molecule has 2 heterocycles. The number of aromatic nitrogens is 3. The van der Waals surface area contributed by atoms with Gasteiger partial charge in [0, 0.05) is 21.8 Å². The highest BCUT2D eigenvalue weighted by molar-refractivity contribution is 6.88. The Balaban J connectivity index is 1.39. The summed E-state index contributed by atoms with van der Waals surface area (Å²) in [5.41, 5.74) is 7.89. The average molecular weight is 528 g/mol. The molecule has 6 aromatic rings. The topological polar surface area (TPSA) is 51.8 Å². The zero-order chi connectivity index (χ0) is 27.4. The lowest BCUT2D eigenvalue weighted by Gasteiger charge is -2.16. The van der Waals surface area contributed by atoms with Crippen molar-refractivity contribution >= 4 is 35.2 Å². The minimum Gasteiger partial charge on any atom is -0.455 e. The van der Waals surface area contributed by atoms with Gasteiger partial charge in [0.25, 0.3) is 0 Å². The second-order valence-corrected chi connectivity index (χ2v) is 17.4. The van der Waals surface area contributed by atoms with Gasteiger partial charge in [-0.15, -0.1) is 5.10 Å². The fraction of sp³-hybridized carbons (Fsp3) is 0.206. The van der Waals surface area contributed by atoms with Crippen LogP contribution in [-0.4, -0.2) is 23.3 Å². The van der Waals surface area contributed by atoms with E-state index >= 15 is 0 Å². The summed E-state index contributed by atoms with van der Waals surface area (Å²) in [4.78, 5) is 4.64. The van der Waals surface area contributed by atoms with E-state index in [-0.39, 0.29) is 5.41 Å². The summed E-state index contributed by atoms with van der Waals surface area (Å²) in [5, 5.41) is 12.5. The summed E-state index contributed by atoms with van der Waals surface area (Å²) < 4.78 is 6.58. The maximum Gasteiger partial charge on any atom is 0.185 e. The number of hydrogen-bond acceptors (Lipinski definition) is 4. The molecule has 0 amide bonds. The van der Waals surface area contributed by atoms with Gasteiger partial charge in [-0.3, -0.25) is 0 Å². The lowest BCUT2D eigenvalue weighted by molar-refractivity contribution is 0.554. The lowest BCUT2D eigenvalue weighted by Crippen LogP contribution is -2.37. The van der Waals surface area contributed by atoms with Gasteiger partial charge in [-0.1, -0.05) is 124 Å². The molecule has 0 spiro atoms. The van der Waals surface area contributed by atoms with Gasteiger partial charge < -0.3 is 4.42 Å². The second-order valence-electron chi connectivity index (χ2n) is 12.3. The van der Waals surface area contributed by atoms with E-state index in [4.69, 9.17) is 4.42 Å². The molecule has 0 aliphatic carbocycles. The normalized spacial score (nSPS) is 12.4. The summed E-state index contributed by atoms with van der Waals surface area (Å²) in [6.45, 7) is 13.5. The van der Waals surface area contributed by atoms with Crippen LogP contribution in [0.2, 0.25) is 19.6 Å². The fourth-order valence-electron chi connectivity index (χ4n) is 4.97. The van der Waals surface area contributed by atoms with Crippen molar-refractivity contribution in [1.82, 2.24) is 15.2 Å². The number of benzene rings is 4. The average Bonchev–Trinajstić information content (AvgIpc) is 3.32. The number of furan rings is 1. The molecule has 39 heavy (non-hydrogen) atoms. The molecule has 0 unspecified atom stereocenters. The Morgan fingerprint density at radius 2 is 1.15 bits per heavy atom. The minimum absolute atomic E-state index is 0.105. The van der Waals surface area contributed by atoms with E-state index in [0.717, 1.165) is 44.3 Å². The van der Waals surface area contributed by atoms with Crippen LogP contribution in [0, 0.1) is 0 Å². The van der Waals surface area contributed by atoms with Crippen molar-refractivity contribution in [3.63, 3.8) is 0 Å². The van der Waals surface area contributed by atoms with Crippen LogP contribution in [0.1, 0.15) is 26.5 Å². The van der Waals surface area contributed by atoms with Crippen LogP contribution in [-0.2, 0) is 5.41 Å². The molecule has 0 saturated carbocycles. The first kappa shape index (κ1) is 25.2. The predicted octanol–water partition coefficient (Wildman–Crippen LogP) is 8.61. The molecular weight excluding hydrogens is 494 g/mol. The molecule has 0 saturated heterocycles. The van der Waals surface area contributed by atoms with Crippen LogP contribution in [0.3, 0.4) is 0 Å². The molecule has 6 rings (SSSR count). The van der Waals surface area contributed by atoms with Gasteiger partial charge in [0.05, 0.1) is 25.5 Å². The molecule has 0 aliphatic heterocycles. The molecule has 0 atom stereocenters. The highest BCUT2D eigenvalue weighted by Crippen LogP contribution is 2.39. The second kappa shape index (κ2) is 9.28. The summed E-state index contributed by atoms with van der Waals surface area (Å²) in [6, 6.07) is 30.3. The Morgan fingerprint density at radius 3 is 1.69 bits per heavy atom. The zero-order valence-corrected chi connectivity index (χ0v) is 24.4. The number of nitrogens with zero attached hydrogens (tertiary/aromatic N) is 3. The summed E-state index contributed by atoms with van der Waals surface area (Å²) in [5.74, 6) is 0.568. The Kier molecular flexibility index (Phi) is 6.00. The summed E-state index contributed by atoms with van der Waals surface area (Å²) >= 11 is 0. The third-order valence-electron chi connectivity index (χ3n) is 7.38. The highest BCUT2D eigenvalue weighted by atomic mass is 28.3. The minimum atomic E-state index is -1.31. The van der Waals surface area contributed by atoms with Crippen LogP contribution in [0.5, 0.6) is 0 Å². The molecule has 0 radical (unpaired) electrons.